The molecule has 0 saturated carbocycles. The maximum atomic E-state index is 13.4. The van der Waals surface area contributed by atoms with E-state index in [-0.39, 0.29) is 11.9 Å². The third kappa shape index (κ3) is 4.17. The Morgan fingerprint density at radius 3 is 2.52 bits per heavy atom. The number of allylic oxidation sites excluding steroid dienone is 1. The number of hydrogen-bond acceptors (Lipinski definition) is 5. The molecule has 3 amide bonds. The number of amides is 3. The molecule has 0 radical (unpaired) electrons. The van der Waals surface area contributed by atoms with Gasteiger partial charge in [0.2, 0.25) is 0 Å². The van der Waals surface area contributed by atoms with E-state index in [1.54, 1.807) is 42.2 Å². The highest BCUT2D eigenvalue weighted by molar-refractivity contribution is 5.98. The topological polar surface area (TPSA) is 88.2 Å². The maximum absolute atomic E-state index is 13.4. The molecule has 0 spiro atoms. The summed E-state index contributed by atoms with van der Waals surface area (Å²) in [5.41, 5.74) is 2.19. The summed E-state index contributed by atoms with van der Waals surface area (Å²) in [6.45, 7) is 7.73. The SMILES string of the molecule is C=CCN1C(=O)N[C@@H](c2ccc(C(=O)OC)cc2)C(C(=O)N2CCOCC2)=C1C. The zero-order valence-corrected chi connectivity index (χ0v) is 16.6. The molecular formula is C21H25N3O5. The summed E-state index contributed by atoms with van der Waals surface area (Å²) < 4.78 is 10.1. The van der Waals surface area contributed by atoms with E-state index in [9.17, 15) is 14.4 Å². The molecule has 8 heteroatoms. The first-order valence-electron chi connectivity index (χ1n) is 9.43. The number of nitrogens with zero attached hydrogens (tertiary/aromatic N) is 2. The molecule has 2 aliphatic rings. The van der Waals surface area contributed by atoms with Gasteiger partial charge in [0.05, 0.1) is 37.5 Å². The van der Waals surface area contributed by atoms with Crippen LogP contribution in [0.1, 0.15) is 28.9 Å². The summed E-state index contributed by atoms with van der Waals surface area (Å²) in [4.78, 5) is 41.0. The van der Waals surface area contributed by atoms with Gasteiger partial charge >= 0.3 is 12.0 Å². The summed E-state index contributed by atoms with van der Waals surface area (Å²) in [5.74, 6) is -0.584. The first-order valence-corrected chi connectivity index (χ1v) is 9.43. The lowest BCUT2D eigenvalue weighted by Crippen LogP contribution is -2.51. The molecule has 0 aliphatic carbocycles. The van der Waals surface area contributed by atoms with Crippen LogP contribution in [0, 0.1) is 0 Å². The number of urea groups is 1. The predicted octanol–water partition coefficient (Wildman–Crippen LogP) is 1.86. The van der Waals surface area contributed by atoms with Crippen LogP contribution in [0.4, 0.5) is 4.79 Å². The Morgan fingerprint density at radius 2 is 1.93 bits per heavy atom. The van der Waals surface area contributed by atoms with Gasteiger partial charge in [0, 0.05) is 25.3 Å². The van der Waals surface area contributed by atoms with Gasteiger partial charge in [-0.3, -0.25) is 9.69 Å². The van der Waals surface area contributed by atoms with Gasteiger partial charge in [-0.05, 0) is 24.6 Å². The number of nitrogens with one attached hydrogen (secondary N) is 1. The fourth-order valence-electron chi connectivity index (χ4n) is 3.52. The van der Waals surface area contributed by atoms with Crippen LogP contribution in [-0.4, -0.2) is 67.7 Å². The summed E-state index contributed by atoms with van der Waals surface area (Å²) in [5, 5.41) is 2.92. The van der Waals surface area contributed by atoms with Crippen molar-refractivity contribution in [2.24, 2.45) is 0 Å². The maximum Gasteiger partial charge on any atom is 0.337 e. The summed E-state index contributed by atoms with van der Waals surface area (Å²) in [6, 6.07) is 5.76. The van der Waals surface area contributed by atoms with Crippen LogP contribution in [0.3, 0.4) is 0 Å². The number of esters is 1. The molecule has 29 heavy (non-hydrogen) atoms. The molecule has 1 fully saturated rings. The van der Waals surface area contributed by atoms with Gasteiger partial charge in [-0.2, -0.15) is 0 Å². The molecule has 1 saturated heterocycles. The minimum absolute atomic E-state index is 0.137. The monoisotopic (exact) mass is 399 g/mol. The van der Waals surface area contributed by atoms with Crippen LogP contribution in [0.15, 0.2) is 48.2 Å². The minimum atomic E-state index is -0.620. The average Bonchev–Trinajstić information content (AvgIpc) is 2.76. The van der Waals surface area contributed by atoms with Gasteiger partial charge in [0.15, 0.2) is 0 Å². The second-order valence-corrected chi connectivity index (χ2v) is 6.80. The number of ether oxygens (including phenoxy) is 2. The van der Waals surface area contributed by atoms with Crippen molar-refractivity contribution in [1.82, 2.24) is 15.1 Å². The molecule has 2 aliphatic heterocycles. The highest BCUT2D eigenvalue weighted by atomic mass is 16.5. The third-order valence-electron chi connectivity index (χ3n) is 5.10. The summed E-state index contributed by atoms with van der Waals surface area (Å²) >= 11 is 0. The van der Waals surface area contributed by atoms with Gasteiger partial charge < -0.3 is 19.7 Å². The fraction of sp³-hybridized carbons (Fsp3) is 0.381. The second kappa shape index (κ2) is 8.91. The van der Waals surface area contributed by atoms with Gasteiger partial charge in [0.1, 0.15) is 0 Å². The van der Waals surface area contributed by atoms with Crippen molar-refractivity contribution >= 4 is 17.9 Å². The molecule has 3 rings (SSSR count). The second-order valence-electron chi connectivity index (χ2n) is 6.80. The van der Waals surface area contributed by atoms with Crippen LogP contribution in [0.25, 0.3) is 0 Å². The van der Waals surface area contributed by atoms with Crippen LogP contribution in [-0.2, 0) is 14.3 Å². The van der Waals surface area contributed by atoms with E-state index in [0.29, 0.717) is 55.2 Å². The molecule has 1 atom stereocenters. The van der Waals surface area contributed by atoms with Crippen LogP contribution in [0.5, 0.6) is 0 Å². The number of methoxy groups -OCH3 is 1. The minimum Gasteiger partial charge on any atom is -0.465 e. The lowest BCUT2D eigenvalue weighted by Gasteiger charge is -2.38. The van der Waals surface area contributed by atoms with Gasteiger partial charge in [0.25, 0.3) is 5.91 Å². The van der Waals surface area contributed by atoms with E-state index in [2.05, 4.69) is 11.9 Å². The van der Waals surface area contributed by atoms with E-state index >= 15 is 0 Å². The molecule has 2 heterocycles. The van der Waals surface area contributed by atoms with Crippen LogP contribution in [0.2, 0.25) is 0 Å². The van der Waals surface area contributed by atoms with Crippen molar-refractivity contribution in [3.05, 3.63) is 59.3 Å². The zero-order chi connectivity index (χ0) is 21.0. The highest BCUT2D eigenvalue weighted by Crippen LogP contribution is 2.32. The standard InChI is InChI=1S/C21H25N3O5/c1-4-9-24-14(2)17(19(25)23-10-12-29-13-11-23)18(22-21(24)27)15-5-7-16(8-6-15)20(26)28-3/h4-8,18H,1,9-13H2,2-3H3,(H,22,27)/t18-/m0/s1. The average molecular weight is 399 g/mol. The molecule has 8 nitrogen and oxygen atoms in total. The van der Waals surface area contributed by atoms with Crippen molar-refractivity contribution in [1.29, 1.82) is 0 Å². The number of morpholine rings is 1. The Bertz CT molecular complexity index is 840. The molecule has 1 aromatic carbocycles. The Morgan fingerprint density at radius 1 is 1.28 bits per heavy atom. The first kappa shape index (κ1) is 20.6. The quantitative estimate of drug-likeness (QED) is 0.603. The van der Waals surface area contributed by atoms with E-state index in [0.717, 1.165) is 0 Å². The smallest absolute Gasteiger partial charge is 0.337 e. The lowest BCUT2D eigenvalue weighted by atomic mass is 9.93. The van der Waals surface area contributed by atoms with Crippen molar-refractivity contribution in [3.8, 4) is 0 Å². The molecule has 0 unspecified atom stereocenters. The van der Waals surface area contributed by atoms with Gasteiger partial charge in [-0.15, -0.1) is 6.58 Å². The van der Waals surface area contributed by atoms with E-state index < -0.39 is 12.0 Å². The third-order valence-corrected chi connectivity index (χ3v) is 5.10. The number of carbonyl (C=O) groups is 3. The van der Waals surface area contributed by atoms with Gasteiger partial charge in [-0.25, -0.2) is 9.59 Å². The van der Waals surface area contributed by atoms with Crippen molar-refractivity contribution in [2.45, 2.75) is 13.0 Å². The van der Waals surface area contributed by atoms with Crippen molar-refractivity contribution in [2.75, 3.05) is 40.0 Å². The number of benzene rings is 1. The van der Waals surface area contributed by atoms with Crippen LogP contribution >= 0.6 is 0 Å². The molecule has 0 aromatic heterocycles. The van der Waals surface area contributed by atoms with Crippen molar-refractivity contribution < 1.29 is 23.9 Å². The van der Waals surface area contributed by atoms with Crippen molar-refractivity contribution in [3.63, 3.8) is 0 Å². The Balaban J connectivity index is 2.00. The molecule has 0 bridgehead atoms. The Kier molecular flexibility index (Phi) is 6.33. The van der Waals surface area contributed by atoms with E-state index in [1.807, 2.05) is 0 Å². The van der Waals surface area contributed by atoms with E-state index in [4.69, 9.17) is 9.47 Å². The zero-order valence-electron chi connectivity index (χ0n) is 16.6. The molecule has 1 N–H and O–H groups in total. The number of carbonyl (C=O) groups excluding carboxylic acids is 3. The molecule has 1 aromatic rings. The first-order chi connectivity index (χ1) is 14.0. The normalized spacial score (nSPS) is 19.7. The Hall–Kier alpha value is -3.13. The lowest BCUT2D eigenvalue weighted by molar-refractivity contribution is -0.131. The summed E-state index contributed by atoms with van der Waals surface area (Å²) in [6.07, 6.45) is 1.62. The predicted molar refractivity (Wildman–Crippen MR) is 106 cm³/mol. The van der Waals surface area contributed by atoms with Gasteiger partial charge in [-0.1, -0.05) is 18.2 Å². The largest absolute Gasteiger partial charge is 0.465 e. The number of hydrogen-bond donors (Lipinski definition) is 1. The van der Waals surface area contributed by atoms with E-state index in [1.165, 1.54) is 12.0 Å². The summed E-state index contributed by atoms with van der Waals surface area (Å²) in [7, 11) is 1.32. The fourth-order valence-corrected chi connectivity index (χ4v) is 3.52. The molecule has 154 valence electrons. The molecular weight excluding hydrogens is 374 g/mol. The Labute approximate surface area is 169 Å². The van der Waals surface area contributed by atoms with Crippen LogP contribution < -0.4 is 5.32 Å². The highest BCUT2D eigenvalue weighted by Gasteiger charge is 2.37. The number of rotatable bonds is 5.